The van der Waals surface area contributed by atoms with Gasteiger partial charge in [0, 0.05) is 23.9 Å². The Bertz CT molecular complexity index is 730. The van der Waals surface area contributed by atoms with Gasteiger partial charge in [-0.05, 0) is 49.9 Å². The van der Waals surface area contributed by atoms with Crippen molar-refractivity contribution in [2.75, 3.05) is 0 Å². The summed E-state index contributed by atoms with van der Waals surface area (Å²) in [5.74, 6) is 0.258. The number of ether oxygens (including phenoxy) is 1. The van der Waals surface area contributed by atoms with Gasteiger partial charge in [0.2, 0.25) is 5.88 Å². The highest BCUT2D eigenvalue weighted by Gasteiger charge is 2.19. The number of benzene rings is 1. The Balaban J connectivity index is 1.65. The van der Waals surface area contributed by atoms with E-state index in [1.165, 1.54) is 31.0 Å². The van der Waals surface area contributed by atoms with Crippen LogP contribution in [0.15, 0.2) is 36.5 Å². The fourth-order valence-electron chi connectivity index (χ4n) is 2.75. The number of amides is 1. The highest BCUT2D eigenvalue weighted by Crippen LogP contribution is 2.25. The molecule has 1 fully saturated rings. The molecule has 24 heavy (non-hydrogen) atoms. The van der Waals surface area contributed by atoms with Crippen molar-refractivity contribution >= 4 is 17.5 Å². The number of aromatic nitrogens is 1. The summed E-state index contributed by atoms with van der Waals surface area (Å²) < 4.78 is 5.96. The van der Waals surface area contributed by atoms with Gasteiger partial charge in [-0.3, -0.25) is 4.79 Å². The van der Waals surface area contributed by atoms with E-state index in [0.717, 1.165) is 18.4 Å². The van der Waals surface area contributed by atoms with Gasteiger partial charge in [0.1, 0.15) is 11.9 Å². The zero-order valence-electron chi connectivity index (χ0n) is 13.2. The van der Waals surface area contributed by atoms with E-state index in [1.807, 2.05) is 12.1 Å². The number of phenols is 1. The van der Waals surface area contributed by atoms with Gasteiger partial charge in [0.25, 0.3) is 5.91 Å². The van der Waals surface area contributed by atoms with Crippen molar-refractivity contribution in [1.29, 1.82) is 0 Å². The third-order valence-electron chi connectivity index (χ3n) is 4.08. The fraction of sp³-hybridized carbons (Fsp3) is 0.333. The Morgan fingerprint density at radius 3 is 2.88 bits per heavy atom. The second-order valence-electron chi connectivity index (χ2n) is 5.84. The molecule has 1 saturated carbocycles. The second-order valence-corrected chi connectivity index (χ2v) is 6.25. The summed E-state index contributed by atoms with van der Waals surface area (Å²) in [6.45, 7) is 0.313. The van der Waals surface area contributed by atoms with Crippen LogP contribution in [0.25, 0.3) is 0 Å². The molecule has 1 heterocycles. The van der Waals surface area contributed by atoms with Crippen LogP contribution in [-0.2, 0) is 6.54 Å². The second kappa shape index (κ2) is 7.53. The Kier molecular flexibility index (Phi) is 5.20. The van der Waals surface area contributed by atoms with Crippen molar-refractivity contribution in [3.63, 3.8) is 0 Å². The van der Waals surface area contributed by atoms with Crippen LogP contribution in [-0.4, -0.2) is 22.1 Å². The number of nitrogens with one attached hydrogen (secondary N) is 1. The molecule has 1 aliphatic rings. The van der Waals surface area contributed by atoms with Crippen LogP contribution in [0.1, 0.15) is 41.6 Å². The molecule has 0 radical (unpaired) electrons. The number of phenolic OH excluding ortho intramolecular Hbond substituents is 1. The van der Waals surface area contributed by atoms with E-state index in [9.17, 15) is 9.90 Å². The molecule has 0 bridgehead atoms. The van der Waals surface area contributed by atoms with Crippen LogP contribution in [0.4, 0.5) is 0 Å². The minimum Gasteiger partial charge on any atom is -0.506 e. The number of halogens is 1. The summed E-state index contributed by atoms with van der Waals surface area (Å²) in [6.07, 6.45) is 6.37. The molecule has 1 aromatic heterocycles. The molecular formula is C18H19ClN2O3. The molecule has 0 unspecified atom stereocenters. The normalized spacial score (nSPS) is 14.5. The van der Waals surface area contributed by atoms with Crippen molar-refractivity contribution in [3.8, 4) is 11.6 Å². The predicted octanol–water partition coefficient (Wildman–Crippen LogP) is 3.69. The van der Waals surface area contributed by atoms with Crippen molar-refractivity contribution in [3.05, 3.63) is 52.7 Å². The van der Waals surface area contributed by atoms with Gasteiger partial charge in [-0.2, -0.15) is 0 Å². The maximum Gasteiger partial charge on any atom is 0.251 e. The third kappa shape index (κ3) is 3.97. The summed E-state index contributed by atoms with van der Waals surface area (Å²) in [5.41, 5.74) is 1.22. The minimum absolute atomic E-state index is 0.0484. The number of hydrogen-bond acceptors (Lipinski definition) is 4. The highest BCUT2D eigenvalue weighted by molar-refractivity contribution is 6.32. The van der Waals surface area contributed by atoms with E-state index >= 15 is 0 Å². The predicted molar refractivity (Wildman–Crippen MR) is 91.4 cm³/mol. The lowest BCUT2D eigenvalue weighted by Crippen LogP contribution is -2.24. The van der Waals surface area contributed by atoms with Gasteiger partial charge in [0.05, 0.1) is 5.02 Å². The van der Waals surface area contributed by atoms with Crippen LogP contribution < -0.4 is 10.1 Å². The lowest BCUT2D eigenvalue weighted by Gasteiger charge is -2.15. The number of aromatic hydroxyl groups is 1. The van der Waals surface area contributed by atoms with Crippen LogP contribution in [0, 0.1) is 0 Å². The molecule has 2 N–H and O–H groups in total. The molecule has 1 amide bonds. The molecule has 0 saturated heterocycles. The molecule has 0 atom stereocenters. The van der Waals surface area contributed by atoms with Gasteiger partial charge < -0.3 is 15.2 Å². The van der Waals surface area contributed by atoms with Gasteiger partial charge in [-0.25, -0.2) is 4.98 Å². The summed E-state index contributed by atoms with van der Waals surface area (Å²) in [4.78, 5) is 16.5. The van der Waals surface area contributed by atoms with E-state index in [0.29, 0.717) is 18.0 Å². The molecule has 5 nitrogen and oxygen atoms in total. The molecular weight excluding hydrogens is 328 g/mol. The largest absolute Gasteiger partial charge is 0.506 e. The maximum atomic E-state index is 12.2. The molecule has 3 rings (SSSR count). The maximum absolute atomic E-state index is 12.2. The van der Waals surface area contributed by atoms with Crippen LogP contribution in [0.2, 0.25) is 5.02 Å². The molecule has 1 aromatic carbocycles. The molecule has 1 aliphatic carbocycles. The lowest BCUT2D eigenvalue weighted by atomic mass is 10.2. The summed E-state index contributed by atoms with van der Waals surface area (Å²) >= 11 is 5.84. The van der Waals surface area contributed by atoms with Gasteiger partial charge in [-0.15, -0.1) is 0 Å². The lowest BCUT2D eigenvalue weighted by molar-refractivity contribution is 0.0950. The van der Waals surface area contributed by atoms with Crippen LogP contribution in [0.3, 0.4) is 0 Å². The fourth-order valence-corrected chi connectivity index (χ4v) is 2.94. The van der Waals surface area contributed by atoms with Crippen molar-refractivity contribution in [2.45, 2.75) is 38.3 Å². The minimum atomic E-state index is -0.271. The molecule has 126 valence electrons. The Morgan fingerprint density at radius 2 is 2.12 bits per heavy atom. The van der Waals surface area contributed by atoms with E-state index in [4.69, 9.17) is 16.3 Å². The number of nitrogens with zero attached hydrogens (tertiary/aromatic N) is 1. The standard InChI is InChI=1S/C18H19ClN2O3/c19-15-10-12(7-8-16(15)22)17(23)21-11-13-4-3-9-20-18(13)24-14-5-1-2-6-14/h3-4,7-10,14,22H,1-2,5-6,11H2,(H,21,23). The van der Waals surface area contributed by atoms with Gasteiger partial charge >= 0.3 is 0 Å². The summed E-state index contributed by atoms with van der Waals surface area (Å²) in [5, 5.41) is 12.4. The summed E-state index contributed by atoms with van der Waals surface area (Å²) in [7, 11) is 0. The number of carbonyl (C=O) groups is 1. The molecule has 0 spiro atoms. The van der Waals surface area contributed by atoms with Crippen molar-refractivity contribution < 1.29 is 14.6 Å². The monoisotopic (exact) mass is 346 g/mol. The van der Waals surface area contributed by atoms with Crippen LogP contribution in [0.5, 0.6) is 11.6 Å². The van der Waals surface area contributed by atoms with Gasteiger partial charge in [0.15, 0.2) is 0 Å². The molecule has 6 heteroatoms. The van der Waals surface area contributed by atoms with E-state index < -0.39 is 0 Å². The number of rotatable bonds is 5. The smallest absolute Gasteiger partial charge is 0.251 e. The first-order chi connectivity index (χ1) is 11.6. The average molecular weight is 347 g/mol. The Morgan fingerprint density at radius 1 is 1.33 bits per heavy atom. The zero-order chi connectivity index (χ0) is 16.9. The quantitative estimate of drug-likeness (QED) is 0.866. The van der Waals surface area contributed by atoms with E-state index in [1.54, 1.807) is 6.20 Å². The first-order valence-corrected chi connectivity index (χ1v) is 8.38. The average Bonchev–Trinajstić information content (AvgIpc) is 3.09. The highest BCUT2D eigenvalue weighted by atomic mass is 35.5. The van der Waals surface area contributed by atoms with Crippen LogP contribution >= 0.6 is 11.6 Å². The Hall–Kier alpha value is -2.27. The molecule has 2 aromatic rings. The first-order valence-electron chi connectivity index (χ1n) is 8.01. The topological polar surface area (TPSA) is 71.5 Å². The van der Waals surface area contributed by atoms with Gasteiger partial charge in [-0.1, -0.05) is 17.7 Å². The van der Waals surface area contributed by atoms with E-state index in [-0.39, 0.29) is 22.8 Å². The summed E-state index contributed by atoms with van der Waals surface area (Å²) in [6, 6.07) is 8.07. The molecule has 0 aliphatic heterocycles. The third-order valence-corrected chi connectivity index (χ3v) is 4.38. The number of hydrogen-bond donors (Lipinski definition) is 2. The first kappa shape index (κ1) is 16.6. The SMILES string of the molecule is O=C(NCc1cccnc1OC1CCCC1)c1ccc(O)c(Cl)c1. The number of pyridine rings is 1. The Labute approximate surface area is 145 Å². The zero-order valence-corrected chi connectivity index (χ0v) is 13.9. The van der Waals surface area contributed by atoms with Crippen molar-refractivity contribution in [1.82, 2.24) is 10.3 Å². The van der Waals surface area contributed by atoms with Crippen molar-refractivity contribution in [2.24, 2.45) is 0 Å². The number of carbonyl (C=O) groups excluding carboxylic acids is 1. The van der Waals surface area contributed by atoms with E-state index in [2.05, 4.69) is 10.3 Å².